The highest BCUT2D eigenvalue weighted by atomic mass is 32.2. The van der Waals surface area contributed by atoms with Gasteiger partial charge in [0.2, 0.25) is 20.9 Å². The minimum absolute atomic E-state index is 0. The highest BCUT2D eigenvalue weighted by molar-refractivity contribution is 7.90. The van der Waals surface area contributed by atoms with Gasteiger partial charge in [-0.2, -0.15) is 43.8 Å². The molecule has 2 aliphatic heterocycles. The lowest BCUT2D eigenvalue weighted by Gasteiger charge is -2.38. The lowest BCUT2D eigenvalue weighted by Crippen LogP contribution is -2.50. The molecule has 0 spiro atoms. The van der Waals surface area contributed by atoms with Crippen LogP contribution in [0.3, 0.4) is 0 Å². The molecule has 10 heterocycles. The number of benzene rings is 2. The monoisotopic (exact) mass is 1460 g/mol. The fourth-order valence-electron chi connectivity index (χ4n) is 11.3. The van der Waals surface area contributed by atoms with Crippen molar-refractivity contribution in [1.82, 2.24) is 59.2 Å². The minimum atomic E-state index is -3.56. The summed E-state index contributed by atoms with van der Waals surface area (Å²) in [7, 11) is -3.56. The predicted octanol–water partition coefficient (Wildman–Crippen LogP) is 12.1. The highest BCUT2D eigenvalue weighted by Gasteiger charge is 2.33. The quantitative estimate of drug-likeness (QED) is 0.127. The van der Waals surface area contributed by atoms with Gasteiger partial charge in [0.05, 0.1) is 45.3 Å². The number of ether oxygens (including phenoxy) is 2. The summed E-state index contributed by atoms with van der Waals surface area (Å²) in [5.41, 5.74) is 18.1. The van der Waals surface area contributed by atoms with E-state index in [-0.39, 0.29) is 56.4 Å². The first-order valence-electron chi connectivity index (χ1n) is 31.6. The van der Waals surface area contributed by atoms with Gasteiger partial charge in [0.15, 0.2) is 0 Å². The number of nitrogens with two attached hydrogens (primary N) is 1. The lowest BCUT2D eigenvalue weighted by atomic mass is 9.94. The van der Waals surface area contributed by atoms with Crippen LogP contribution in [0.2, 0.25) is 0 Å². The van der Waals surface area contributed by atoms with Crippen molar-refractivity contribution in [2.45, 2.75) is 138 Å². The molecular formula is C69H86N14O12S5. The topological polar surface area (TPSA) is 339 Å². The van der Waals surface area contributed by atoms with E-state index in [0.29, 0.717) is 54.5 Å². The third kappa shape index (κ3) is 19.7. The number of sulfone groups is 1. The highest BCUT2D eigenvalue weighted by Crippen LogP contribution is 2.38. The third-order valence-corrected chi connectivity index (χ3v) is 17.2. The van der Waals surface area contributed by atoms with Crippen molar-refractivity contribution in [3.8, 4) is 56.4 Å². The molecule has 12 rings (SSSR count). The Balaban J connectivity index is 0.000000247. The van der Waals surface area contributed by atoms with Crippen LogP contribution in [0, 0.1) is 53.4 Å². The molecule has 2 unspecified atom stereocenters. The number of amides is 2. The number of pyridine rings is 2. The molecule has 2 aromatic carbocycles. The minimum Gasteiger partial charge on any atom is -0.444 e. The van der Waals surface area contributed by atoms with Gasteiger partial charge in [0, 0.05) is 103 Å². The van der Waals surface area contributed by atoms with E-state index in [4.69, 9.17) is 56.0 Å². The number of nitrogens with one attached hydrogen (secondary N) is 1. The molecule has 2 saturated heterocycles. The molecule has 26 nitrogen and oxygen atoms in total. The van der Waals surface area contributed by atoms with Gasteiger partial charge >= 0.3 is 35.3 Å². The molecular weight excluding hydrogens is 1380 g/mol. The number of nitrogens with zero attached hydrogens (tertiary/aromatic N) is 12. The van der Waals surface area contributed by atoms with Crippen LogP contribution >= 0.6 is 27.0 Å². The molecule has 0 radical (unpaired) electrons. The van der Waals surface area contributed by atoms with Crippen LogP contribution in [0.5, 0.6) is 0 Å². The molecule has 31 heteroatoms. The summed E-state index contributed by atoms with van der Waals surface area (Å²) in [5.74, 6) is 2.77. The number of carbonyl (C=O) groups is 2. The van der Waals surface area contributed by atoms with E-state index in [1.807, 2.05) is 167 Å². The Kier molecular flexibility index (Phi) is 27.5. The summed E-state index contributed by atoms with van der Waals surface area (Å²) in [6.07, 6.45) is 9.80. The van der Waals surface area contributed by atoms with Crippen LogP contribution in [0.25, 0.3) is 78.5 Å². The Labute approximate surface area is 602 Å². The summed E-state index contributed by atoms with van der Waals surface area (Å²) >= 11 is -1.50. The number of anilines is 1. The molecule has 2 aliphatic rings. The van der Waals surface area contributed by atoms with Crippen LogP contribution < -0.4 is 11.1 Å². The largest absolute Gasteiger partial charge is 0.444 e. The van der Waals surface area contributed by atoms with Gasteiger partial charge in [-0.1, -0.05) is 60.6 Å². The number of likely N-dealkylation sites (tertiary alicyclic amines) is 2. The molecule has 2 fully saturated rings. The maximum Gasteiger partial charge on any atom is 0.410 e. The molecule has 2 amide bonds. The summed E-state index contributed by atoms with van der Waals surface area (Å²) in [6.45, 7) is 29.6. The number of piperidine rings is 2. The fraction of sp³-hybridized carbons (Fsp3) is 0.391. The fourth-order valence-corrected chi connectivity index (χ4v) is 11.8. The van der Waals surface area contributed by atoms with E-state index >= 15 is 0 Å². The van der Waals surface area contributed by atoms with E-state index in [1.54, 1.807) is 9.80 Å². The normalized spacial score (nSPS) is 15.9. The number of hydrogen-bond acceptors (Lipinski definition) is 22. The Morgan fingerprint density at radius 2 is 1.00 bits per heavy atom. The van der Waals surface area contributed by atoms with E-state index < -0.39 is 44.2 Å². The Morgan fingerprint density at radius 1 is 0.590 bits per heavy atom. The van der Waals surface area contributed by atoms with Crippen LogP contribution in [-0.2, 0) is 42.5 Å². The molecule has 534 valence electrons. The SMILES string of the molecule is CC1CCN(C(=O)OC(C)(C)C)CC1N.Cc1cnc(N[C@@H]2CN(C(=O)OC(C)(C)C)CC[C@@H]2C)nc1-c1cn(-c2ccccc2)c2nc(-c3c(C)noc3C)ccc12.Cc1cnc(S(C)(=O)=O)nc1-c1cn(-c2ccccc2)c2nc(-c3c(C)noc3C)ccc12.O=S=O.O=S=O.S.S. The van der Waals surface area contributed by atoms with E-state index in [0.717, 1.165) is 121 Å². The summed E-state index contributed by atoms with van der Waals surface area (Å²) < 4.78 is 83.2. The maximum absolute atomic E-state index is 12.8. The van der Waals surface area contributed by atoms with E-state index in [1.165, 1.54) is 6.20 Å². The molecule has 8 aromatic heterocycles. The van der Waals surface area contributed by atoms with Crippen LogP contribution in [0.15, 0.2) is 124 Å². The Morgan fingerprint density at radius 3 is 1.40 bits per heavy atom. The van der Waals surface area contributed by atoms with Gasteiger partial charge in [-0.15, -0.1) is 0 Å². The number of rotatable bonds is 9. The molecule has 0 saturated carbocycles. The molecule has 10 aromatic rings. The molecule has 100 heavy (non-hydrogen) atoms. The van der Waals surface area contributed by atoms with Crippen LogP contribution in [-0.4, -0.2) is 152 Å². The second kappa shape index (κ2) is 34.4. The summed E-state index contributed by atoms with van der Waals surface area (Å²) in [6, 6.07) is 28.1. The second-order valence-electron chi connectivity index (χ2n) is 26.1. The molecule has 4 atom stereocenters. The maximum atomic E-state index is 12.8. The number of hydrogen-bond donors (Lipinski definition) is 2. The Bertz CT molecular complexity index is 4630. The van der Waals surface area contributed by atoms with Crippen molar-refractivity contribution in [3.63, 3.8) is 0 Å². The molecule has 0 bridgehead atoms. The first-order chi connectivity index (χ1) is 46.3. The van der Waals surface area contributed by atoms with Crippen molar-refractivity contribution < 1.29 is 53.4 Å². The average Bonchev–Trinajstić information content (AvgIpc) is 1.60. The van der Waals surface area contributed by atoms with Crippen molar-refractivity contribution in [1.29, 1.82) is 0 Å². The van der Waals surface area contributed by atoms with Crippen molar-refractivity contribution in [3.05, 3.63) is 144 Å². The molecule has 0 aliphatic carbocycles. The van der Waals surface area contributed by atoms with Gasteiger partial charge in [0.1, 0.15) is 34.0 Å². The van der Waals surface area contributed by atoms with Crippen molar-refractivity contribution in [2.24, 2.45) is 17.6 Å². The molecule has 3 N–H and O–H groups in total. The zero-order valence-electron chi connectivity index (χ0n) is 58.5. The third-order valence-electron chi connectivity index (χ3n) is 16.3. The van der Waals surface area contributed by atoms with Crippen molar-refractivity contribution in [2.75, 3.05) is 37.8 Å². The summed E-state index contributed by atoms with van der Waals surface area (Å²) in [5, 5.41) is 13.3. The number of aromatic nitrogens is 10. The number of aryl methyl sites for hydroxylation is 6. The Hall–Kier alpha value is -9.01. The van der Waals surface area contributed by atoms with E-state index in [2.05, 4.69) is 73.4 Å². The number of para-hydroxylation sites is 2. The summed E-state index contributed by atoms with van der Waals surface area (Å²) in [4.78, 5) is 56.2. The van der Waals surface area contributed by atoms with Gasteiger partial charge < -0.3 is 48.5 Å². The standard InChI is InChI=1S/C34H39N7O3.C24H21N5O3S.C11H22N2O2.2O2S.2H2S/c1-20-15-16-40(33(42)43-34(5,6)7)19-28(20)37-32-35-17-21(2)30(38-32)26-18-41(24-11-9-8-10-12-24)31-25(26)13-14-27(36-31)29-22(3)39-44-23(29)4;1-14-12-25-24(33(4,30)31)27-22(14)19-13-29(17-8-6-5-7-9-17)23-18(19)10-11-20(26-23)21-15(2)28-32-16(21)3;1-8-5-6-13(7-9(8)12)10(14)15-11(2,3)4;2*1-3-2;;/h8-14,17-18,20,28H,15-16,19H2,1-7H3,(H,35,37,38);5-13H,1-4H3;8-9H,5-7,12H2,1-4H3;;;2*1H2/t20-,28+;;;;;;/m0....../s1. The predicted molar refractivity (Wildman–Crippen MR) is 394 cm³/mol. The first-order valence-corrected chi connectivity index (χ1v) is 34.8. The van der Waals surface area contributed by atoms with E-state index in [9.17, 15) is 18.0 Å². The zero-order chi connectivity index (χ0) is 71.6. The van der Waals surface area contributed by atoms with Crippen LogP contribution in [0.1, 0.15) is 102 Å². The number of fused-ring (bicyclic) bond motifs is 2. The van der Waals surface area contributed by atoms with Gasteiger partial charge in [-0.3, -0.25) is 0 Å². The first kappa shape index (κ1) is 80.0. The van der Waals surface area contributed by atoms with Gasteiger partial charge in [-0.25, -0.2) is 47.9 Å². The number of carbonyl (C=O) groups excluding carboxylic acids is 2. The van der Waals surface area contributed by atoms with Gasteiger partial charge in [-0.05, 0) is 167 Å². The lowest BCUT2D eigenvalue weighted by molar-refractivity contribution is 0.0161. The average molecular weight is 1460 g/mol. The second-order valence-corrected chi connectivity index (χ2v) is 28.3. The van der Waals surface area contributed by atoms with Gasteiger partial charge in [0.25, 0.3) is 0 Å². The van der Waals surface area contributed by atoms with Crippen LogP contribution in [0.4, 0.5) is 15.5 Å². The zero-order valence-corrected chi connectivity index (χ0v) is 63.0. The van der Waals surface area contributed by atoms with Crippen molar-refractivity contribution >= 4 is 100 Å². The smallest absolute Gasteiger partial charge is 0.410 e.